The first kappa shape index (κ1) is 15.6. The summed E-state index contributed by atoms with van der Waals surface area (Å²) in [6.45, 7) is 2.91. The molecule has 0 unspecified atom stereocenters. The van der Waals surface area contributed by atoms with Gasteiger partial charge in [0.2, 0.25) is 10.0 Å². The molecule has 1 aromatic rings. The van der Waals surface area contributed by atoms with Crippen molar-refractivity contribution in [3.63, 3.8) is 0 Å². The topological polar surface area (TPSA) is 92.5 Å². The van der Waals surface area contributed by atoms with Gasteiger partial charge in [0.1, 0.15) is 0 Å². The molecule has 0 saturated heterocycles. The summed E-state index contributed by atoms with van der Waals surface area (Å²) in [7, 11) is -0.00208. The second kappa shape index (κ2) is 6.14. The molecular formula is C12H19N3O3S. The fourth-order valence-electron chi connectivity index (χ4n) is 1.54. The first-order valence-electron chi connectivity index (χ1n) is 5.77. The maximum atomic E-state index is 11.9. The van der Waals surface area contributed by atoms with E-state index in [1.807, 2.05) is 19.0 Å². The fourth-order valence-corrected chi connectivity index (χ4v) is 2.18. The summed E-state index contributed by atoms with van der Waals surface area (Å²) in [6, 6.07) is 4.35. The lowest BCUT2D eigenvalue weighted by atomic mass is 10.1. The summed E-state index contributed by atoms with van der Waals surface area (Å²) in [5, 5.41) is 7.79. The zero-order chi connectivity index (χ0) is 14.6. The van der Waals surface area contributed by atoms with Gasteiger partial charge in [0.05, 0.1) is 4.90 Å². The van der Waals surface area contributed by atoms with Crippen LogP contribution in [0.15, 0.2) is 23.1 Å². The largest absolute Gasteiger partial charge is 0.351 e. The molecule has 0 fully saturated rings. The van der Waals surface area contributed by atoms with Crippen molar-refractivity contribution in [2.24, 2.45) is 5.14 Å². The Bertz CT molecular complexity index is 568. The number of nitrogens with zero attached hydrogens (tertiary/aromatic N) is 1. The minimum atomic E-state index is -3.80. The Morgan fingerprint density at radius 3 is 2.47 bits per heavy atom. The van der Waals surface area contributed by atoms with E-state index in [-0.39, 0.29) is 10.8 Å². The Morgan fingerprint density at radius 1 is 1.32 bits per heavy atom. The van der Waals surface area contributed by atoms with Gasteiger partial charge >= 0.3 is 0 Å². The highest BCUT2D eigenvalue weighted by molar-refractivity contribution is 7.89. The lowest BCUT2D eigenvalue weighted by Crippen LogP contribution is -2.31. The molecule has 1 amide bonds. The van der Waals surface area contributed by atoms with Crippen LogP contribution < -0.4 is 10.5 Å². The van der Waals surface area contributed by atoms with Gasteiger partial charge in [0.25, 0.3) is 5.91 Å². The normalized spacial score (nSPS) is 11.6. The van der Waals surface area contributed by atoms with Crippen LogP contribution in [0.25, 0.3) is 0 Å². The van der Waals surface area contributed by atoms with Gasteiger partial charge in [0.15, 0.2) is 0 Å². The number of aryl methyl sites for hydroxylation is 1. The number of amides is 1. The summed E-state index contributed by atoms with van der Waals surface area (Å²) in [5.74, 6) is -0.310. The highest BCUT2D eigenvalue weighted by Gasteiger charge is 2.13. The van der Waals surface area contributed by atoms with Crippen LogP contribution in [0.3, 0.4) is 0 Å². The zero-order valence-corrected chi connectivity index (χ0v) is 12.1. The number of primary sulfonamides is 1. The van der Waals surface area contributed by atoms with Gasteiger partial charge in [-0.05, 0) is 44.8 Å². The third-order valence-electron chi connectivity index (χ3n) is 2.49. The fraction of sp³-hybridized carbons (Fsp3) is 0.417. The van der Waals surface area contributed by atoms with E-state index in [0.717, 1.165) is 0 Å². The molecule has 1 aromatic carbocycles. The number of hydrogen-bond acceptors (Lipinski definition) is 4. The molecule has 19 heavy (non-hydrogen) atoms. The van der Waals surface area contributed by atoms with Crippen molar-refractivity contribution in [1.29, 1.82) is 0 Å². The SMILES string of the molecule is Cc1cc(C(=O)NCCN(C)C)cc(S(N)(=O)=O)c1. The van der Waals surface area contributed by atoms with E-state index in [9.17, 15) is 13.2 Å². The lowest BCUT2D eigenvalue weighted by Gasteiger charge is -2.11. The molecule has 0 aliphatic rings. The molecule has 0 aliphatic heterocycles. The summed E-state index contributed by atoms with van der Waals surface area (Å²) >= 11 is 0. The van der Waals surface area contributed by atoms with Crippen molar-refractivity contribution in [3.05, 3.63) is 29.3 Å². The van der Waals surface area contributed by atoms with E-state index in [1.165, 1.54) is 12.1 Å². The molecule has 0 saturated carbocycles. The Morgan fingerprint density at radius 2 is 1.95 bits per heavy atom. The molecule has 0 aliphatic carbocycles. The van der Waals surface area contributed by atoms with Crippen molar-refractivity contribution in [1.82, 2.24) is 10.2 Å². The van der Waals surface area contributed by atoms with E-state index in [2.05, 4.69) is 5.32 Å². The number of rotatable bonds is 5. The molecule has 0 bridgehead atoms. The van der Waals surface area contributed by atoms with Crippen LogP contribution in [0.5, 0.6) is 0 Å². The third-order valence-corrected chi connectivity index (χ3v) is 3.38. The number of benzene rings is 1. The smallest absolute Gasteiger partial charge is 0.251 e. The van der Waals surface area contributed by atoms with Crippen molar-refractivity contribution in [2.45, 2.75) is 11.8 Å². The number of likely N-dealkylation sites (N-methyl/N-ethyl adjacent to an activating group) is 1. The lowest BCUT2D eigenvalue weighted by molar-refractivity contribution is 0.0950. The van der Waals surface area contributed by atoms with Crippen molar-refractivity contribution in [3.8, 4) is 0 Å². The predicted molar refractivity (Wildman–Crippen MR) is 73.4 cm³/mol. The molecule has 0 radical (unpaired) electrons. The monoisotopic (exact) mass is 285 g/mol. The van der Waals surface area contributed by atoms with Gasteiger partial charge in [-0.3, -0.25) is 4.79 Å². The van der Waals surface area contributed by atoms with Crippen molar-refractivity contribution < 1.29 is 13.2 Å². The van der Waals surface area contributed by atoms with Crippen LogP contribution in [0.1, 0.15) is 15.9 Å². The highest BCUT2D eigenvalue weighted by atomic mass is 32.2. The molecule has 1 rings (SSSR count). The molecule has 0 aromatic heterocycles. The molecule has 6 nitrogen and oxygen atoms in total. The van der Waals surface area contributed by atoms with Gasteiger partial charge in [-0.2, -0.15) is 0 Å². The number of carbonyl (C=O) groups excluding carboxylic acids is 1. The molecular weight excluding hydrogens is 266 g/mol. The first-order chi connectivity index (χ1) is 8.70. The third kappa shape index (κ3) is 4.98. The van der Waals surface area contributed by atoms with Gasteiger partial charge in [-0.25, -0.2) is 13.6 Å². The minimum Gasteiger partial charge on any atom is -0.351 e. The van der Waals surface area contributed by atoms with E-state index in [0.29, 0.717) is 24.2 Å². The van der Waals surface area contributed by atoms with Crippen LogP contribution >= 0.6 is 0 Å². The van der Waals surface area contributed by atoms with Gasteiger partial charge in [-0.1, -0.05) is 0 Å². The van der Waals surface area contributed by atoms with E-state index in [4.69, 9.17) is 5.14 Å². The number of nitrogens with one attached hydrogen (secondary N) is 1. The van der Waals surface area contributed by atoms with Gasteiger partial charge in [0, 0.05) is 18.7 Å². The molecule has 0 atom stereocenters. The standard InChI is InChI=1S/C12H19N3O3S/c1-9-6-10(8-11(7-9)19(13,17)18)12(16)14-4-5-15(2)3/h6-8H,4-5H2,1-3H3,(H,14,16)(H2,13,17,18). The van der Waals surface area contributed by atoms with Crippen LogP contribution in [-0.4, -0.2) is 46.4 Å². The number of sulfonamides is 1. The maximum Gasteiger partial charge on any atom is 0.251 e. The predicted octanol–water partition coefficient (Wildman–Crippen LogP) is -0.0662. The van der Waals surface area contributed by atoms with E-state index in [1.54, 1.807) is 13.0 Å². The first-order valence-corrected chi connectivity index (χ1v) is 7.32. The number of carbonyl (C=O) groups is 1. The summed E-state index contributed by atoms with van der Waals surface area (Å²) in [5.41, 5.74) is 0.965. The quantitative estimate of drug-likeness (QED) is 0.792. The van der Waals surface area contributed by atoms with Crippen LogP contribution in [0, 0.1) is 6.92 Å². The van der Waals surface area contributed by atoms with Gasteiger partial charge in [-0.15, -0.1) is 0 Å². The van der Waals surface area contributed by atoms with Crippen molar-refractivity contribution in [2.75, 3.05) is 27.2 Å². The second-order valence-corrected chi connectivity index (χ2v) is 6.20. The zero-order valence-electron chi connectivity index (χ0n) is 11.3. The molecule has 0 spiro atoms. The molecule has 106 valence electrons. The highest BCUT2D eigenvalue weighted by Crippen LogP contribution is 2.13. The Labute approximate surface area is 113 Å². The van der Waals surface area contributed by atoms with Gasteiger partial charge < -0.3 is 10.2 Å². The summed E-state index contributed by atoms with van der Waals surface area (Å²) in [4.78, 5) is 13.8. The molecule has 7 heteroatoms. The number of nitrogens with two attached hydrogens (primary N) is 1. The van der Waals surface area contributed by atoms with Crippen LogP contribution in [0.2, 0.25) is 0 Å². The number of hydrogen-bond donors (Lipinski definition) is 2. The molecule has 3 N–H and O–H groups in total. The van der Waals surface area contributed by atoms with E-state index >= 15 is 0 Å². The Kier molecular flexibility index (Phi) is 5.04. The van der Waals surface area contributed by atoms with Crippen LogP contribution in [0.4, 0.5) is 0 Å². The second-order valence-electron chi connectivity index (χ2n) is 4.64. The van der Waals surface area contributed by atoms with Crippen molar-refractivity contribution >= 4 is 15.9 Å². The van der Waals surface area contributed by atoms with E-state index < -0.39 is 10.0 Å². The summed E-state index contributed by atoms with van der Waals surface area (Å²) in [6.07, 6.45) is 0. The Balaban J connectivity index is 2.89. The van der Waals surface area contributed by atoms with Crippen LogP contribution in [-0.2, 0) is 10.0 Å². The average molecular weight is 285 g/mol. The maximum absolute atomic E-state index is 11.9. The summed E-state index contributed by atoms with van der Waals surface area (Å²) < 4.78 is 22.6. The molecule has 0 heterocycles. The minimum absolute atomic E-state index is 0.0507. The Hall–Kier alpha value is -1.44. The average Bonchev–Trinajstić information content (AvgIpc) is 2.26.